The summed E-state index contributed by atoms with van der Waals surface area (Å²) in [7, 11) is 1.56. The van der Waals surface area contributed by atoms with Gasteiger partial charge in [-0.3, -0.25) is 9.69 Å². The summed E-state index contributed by atoms with van der Waals surface area (Å²) < 4.78 is 11.8. The first-order chi connectivity index (χ1) is 13.9. The summed E-state index contributed by atoms with van der Waals surface area (Å²) in [6.45, 7) is 4.36. The molecular formula is C21H17Cl2NO3S2. The van der Waals surface area contributed by atoms with Crippen molar-refractivity contribution in [1.82, 2.24) is 4.90 Å². The lowest BCUT2D eigenvalue weighted by Crippen LogP contribution is -2.27. The molecule has 0 saturated carbocycles. The van der Waals surface area contributed by atoms with Crippen molar-refractivity contribution in [2.24, 2.45) is 0 Å². The number of hydrogen-bond acceptors (Lipinski definition) is 5. The number of rotatable bonds is 7. The van der Waals surface area contributed by atoms with E-state index in [4.69, 9.17) is 44.9 Å². The molecule has 0 radical (unpaired) electrons. The highest BCUT2D eigenvalue weighted by atomic mass is 35.5. The van der Waals surface area contributed by atoms with Gasteiger partial charge in [-0.05, 0) is 41.5 Å². The van der Waals surface area contributed by atoms with Gasteiger partial charge in [-0.15, -0.1) is 6.58 Å². The molecule has 0 aromatic heterocycles. The Bertz CT molecular complexity index is 1010. The highest BCUT2D eigenvalue weighted by molar-refractivity contribution is 8.26. The lowest BCUT2D eigenvalue weighted by atomic mass is 10.1. The summed E-state index contributed by atoms with van der Waals surface area (Å²) in [5.41, 5.74) is 1.69. The van der Waals surface area contributed by atoms with Gasteiger partial charge in [-0.25, -0.2) is 0 Å². The van der Waals surface area contributed by atoms with Crippen LogP contribution in [0.3, 0.4) is 0 Å². The third-order valence-electron chi connectivity index (χ3n) is 4.05. The number of thiocarbonyl (C=S) groups is 1. The Labute approximate surface area is 189 Å². The van der Waals surface area contributed by atoms with Gasteiger partial charge in [0.25, 0.3) is 5.91 Å². The molecule has 0 bridgehead atoms. The normalized spacial score (nSPS) is 15.1. The predicted molar refractivity (Wildman–Crippen MR) is 124 cm³/mol. The van der Waals surface area contributed by atoms with Gasteiger partial charge in [-0.1, -0.05) is 65.4 Å². The molecule has 8 heteroatoms. The molecule has 1 aliphatic heterocycles. The van der Waals surface area contributed by atoms with E-state index in [0.29, 0.717) is 43.9 Å². The van der Waals surface area contributed by atoms with Gasteiger partial charge in [-0.2, -0.15) is 0 Å². The maximum Gasteiger partial charge on any atom is 0.266 e. The number of carbonyl (C=O) groups is 1. The van der Waals surface area contributed by atoms with E-state index in [0.717, 1.165) is 11.1 Å². The second kappa shape index (κ2) is 9.67. The van der Waals surface area contributed by atoms with Crippen molar-refractivity contribution in [3.05, 3.63) is 75.1 Å². The first-order valence-electron chi connectivity index (χ1n) is 8.54. The summed E-state index contributed by atoms with van der Waals surface area (Å²) in [6, 6.07) is 10.8. The van der Waals surface area contributed by atoms with Crippen LogP contribution < -0.4 is 9.47 Å². The minimum Gasteiger partial charge on any atom is -0.493 e. The second-order valence-corrected chi connectivity index (χ2v) is 8.52. The summed E-state index contributed by atoms with van der Waals surface area (Å²) in [5, 5.41) is 0.972. The lowest BCUT2D eigenvalue weighted by molar-refractivity contribution is -0.121. The fraction of sp³-hybridized carbons (Fsp3) is 0.143. The van der Waals surface area contributed by atoms with Gasteiger partial charge in [0.1, 0.15) is 10.9 Å². The predicted octanol–water partition coefficient (Wildman–Crippen LogP) is 5.97. The summed E-state index contributed by atoms with van der Waals surface area (Å²) in [6.07, 6.45) is 3.43. The van der Waals surface area contributed by atoms with Crippen molar-refractivity contribution in [2.45, 2.75) is 6.61 Å². The molecule has 1 aliphatic rings. The number of thioether (sulfide) groups is 1. The average molecular weight is 466 g/mol. The fourth-order valence-corrected chi connectivity index (χ4v) is 4.22. The van der Waals surface area contributed by atoms with Crippen LogP contribution in [-0.2, 0) is 11.4 Å². The molecule has 1 heterocycles. The van der Waals surface area contributed by atoms with Crippen LogP contribution in [0.4, 0.5) is 0 Å². The van der Waals surface area contributed by atoms with Gasteiger partial charge >= 0.3 is 0 Å². The molecule has 0 atom stereocenters. The first kappa shape index (κ1) is 21.7. The molecule has 1 saturated heterocycles. The molecule has 0 N–H and O–H groups in total. The highest BCUT2D eigenvalue weighted by Crippen LogP contribution is 2.35. The molecule has 0 aliphatic carbocycles. The van der Waals surface area contributed by atoms with Crippen molar-refractivity contribution in [3.63, 3.8) is 0 Å². The van der Waals surface area contributed by atoms with Crippen LogP contribution in [0.15, 0.2) is 54.0 Å². The largest absolute Gasteiger partial charge is 0.493 e. The number of methoxy groups -OCH3 is 1. The van der Waals surface area contributed by atoms with Crippen LogP contribution in [0, 0.1) is 0 Å². The van der Waals surface area contributed by atoms with Crippen molar-refractivity contribution in [3.8, 4) is 11.5 Å². The number of hydrogen-bond donors (Lipinski definition) is 0. The number of nitrogens with zero attached hydrogens (tertiary/aromatic N) is 1. The monoisotopic (exact) mass is 465 g/mol. The van der Waals surface area contributed by atoms with Crippen LogP contribution in [0.5, 0.6) is 11.5 Å². The van der Waals surface area contributed by atoms with E-state index in [1.165, 1.54) is 16.7 Å². The maximum absolute atomic E-state index is 12.5. The Morgan fingerprint density at radius 3 is 2.66 bits per heavy atom. The smallest absolute Gasteiger partial charge is 0.266 e. The first-order valence-corrected chi connectivity index (χ1v) is 10.5. The molecule has 4 nitrogen and oxygen atoms in total. The Morgan fingerprint density at radius 1 is 1.17 bits per heavy atom. The van der Waals surface area contributed by atoms with Gasteiger partial charge < -0.3 is 9.47 Å². The summed E-state index contributed by atoms with van der Waals surface area (Å²) >= 11 is 18.5. The third kappa shape index (κ3) is 5.14. The van der Waals surface area contributed by atoms with E-state index in [-0.39, 0.29) is 5.91 Å². The molecule has 0 unspecified atom stereocenters. The van der Waals surface area contributed by atoms with Crippen LogP contribution in [-0.4, -0.2) is 28.8 Å². The van der Waals surface area contributed by atoms with Crippen LogP contribution in [0.2, 0.25) is 10.0 Å². The Balaban J connectivity index is 1.76. The van der Waals surface area contributed by atoms with E-state index in [2.05, 4.69) is 6.58 Å². The quantitative estimate of drug-likeness (QED) is 0.286. The van der Waals surface area contributed by atoms with Crippen molar-refractivity contribution < 1.29 is 14.3 Å². The Kier molecular flexibility index (Phi) is 7.24. The van der Waals surface area contributed by atoms with E-state index >= 15 is 0 Å². The zero-order chi connectivity index (χ0) is 21.0. The fourth-order valence-electron chi connectivity index (χ4n) is 2.62. The van der Waals surface area contributed by atoms with Gasteiger partial charge in [0, 0.05) is 6.54 Å². The van der Waals surface area contributed by atoms with E-state index in [1.54, 1.807) is 37.5 Å². The average Bonchev–Trinajstić information content (AvgIpc) is 2.97. The van der Waals surface area contributed by atoms with E-state index in [1.807, 2.05) is 18.2 Å². The lowest BCUT2D eigenvalue weighted by Gasteiger charge is -2.12. The molecule has 150 valence electrons. The zero-order valence-corrected chi connectivity index (χ0v) is 18.6. The van der Waals surface area contributed by atoms with E-state index < -0.39 is 0 Å². The number of carbonyl (C=O) groups excluding carboxylic acids is 1. The van der Waals surface area contributed by atoms with Gasteiger partial charge in [0.05, 0.1) is 22.1 Å². The molecular weight excluding hydrogens is 449 g/mol. The Morgan fingerprint density at radius 2 is 1.97 bits per heavy atom. The molecule has 2 aromatic carbocycles. The molecule has 29 heavy (non-hydrogen) atoms. The Hall–Kier alpha value is -1.99. The maximum atomic E-state index is 12.5. The van der Waals surface area contributed by atoms with Crippen molar-refractivity contribution >= 4 is 63.5 Å². The highest BCUT2D eigenvalue weighted by Gasteiger charge is 2.31. The van der Waals surface area contributed by atoms with Gasteiger partial charge in [0.2, 0.25) is 0 Å². The van der Waals surface area contributed by atoms with Crippen molar-refractivity contribution in [2.75, 3.05) is 13.7 Å². The molecule has 2 aromatic rings. The summed E-state index contributed by atoms with van der Waals surface area (Å²) in [5.74, 6) is 1.01. The van der Waals surface area contributed by atoms with Crippen LogP contribution >= 0.6 is 47.2 Å². The molecule has 3 rings (SSSR count). The van der Waals surface area contributed by atoms with Crippen LogP contribution in [0.1, 0.15) is 11.1 Å². The molecule has 1 amide bonds. The second-order valence-electron chi connectivity index (χ2n) is 6.03. The SMILES string of the molecule is C=CCN1C(=O)C(=Cc2ccc(OCc3ccc(Cl)c(Cl)c3)c(OC)c2)SC1=S. The number of amides is 1. The van der Waals surface area contributed by atoms with Crippen LogP contribution in [0.25, 0.3) is 6.08 Å². The minimum atomic E-state index is -0.126. The molecule has 1 fully saturated rings. The minimum absolute atomic E-state index is 0.126. The number of benzene rings is 2. The number of ether oxygens (including phenoxy) is 2. The van der Waals surface area contributed by atoms with E-state index in [9.17, 15) is 4.79 Å². The van der Waals surface area contributed by atoms with Crippen molar-refractivity contribution in [1.29, 1.82) is 0 Å². The van der Waals surface area contributed by atoms with Gasteiger partial charge in [0.15, 0.2) is 11.5 Å². The summed E-state index contributed by atoms with van der Waals surface area (Å²) in [4.78, 5) is 14.5. The molecule has 0 spiro atoms. The topological polar surface area (TPSA) is 38.8 Å². The third-order valence-corrected chi connectivity index (χ3v) is 6.17. The zero-order valence-electron chi connectivity index (χ0n) is 15.5. The standard InChI is InChI=1S/C21H17Cl2NO3S2/c1-3-8-24-20(25)19(29-21(24)28)11-13-5-7-17(18(10-13)26-2)27-12-14-4-6-15(22)16(23)9-14/h3-7,9-11H,1,8,12H2,2H3. The number of halogens is 2.